The number of rotatable bonds is 2. The maximum absolute atomic E-state index is 6.25. The van der Waals surface area contributed by atoms with Crippen LogP contribution in [0.15, 0.2) is 30.5 Å². The molecule has 6 rings (SSSR count). The maximum atomic E-state index is 6.25. The van der Waals surface area contributed by atoms with Gasteiger partial charge < -0.3 is 25.0 Å². The summed E-state index contributed by atoms with van der Waals surface area (Å²) in [4.78, 5) is 7.14. The van der Waals surface area contributed by atoms with Crippen LogP contribution in [-0.4, -0.2) is 43.4 Å². The normalized spacial score (nSPS) is 26.1. The number of hydrogen-bond donors (Lipinski definition) is 2. The molecule has 5 heterocycles. The zero-order valence-electron chi connectivity index (χ0n) is 16.7. The number of nitrogens with zero attached hydrogens (tertiary/aromatic N) is 2. The van der Waals surface area contributed by atoms with Gasteiger partial charge in [0, 0.05) is 25.0 Å². The molecule has 0 amide bonds. The third kappa shape index (κ3) is 3.24. The van der Waals surface area contributed by atoms with Crippen LogP contribution in [0.3, 0.4) is 0 Å². The van der Waals surface area contributed by atoms with E-state index in [1.807, 2.05) is 6.20 Å². The topological polar surface area (TPSA) is 58.7 Å². The number of anilines is 3. The minimum atomic E-state index is 0.363. The number of hydrogen-bond acceptors (Lipinski definition) is 6. The van der Waals surface area contributed by atoms with Crippen LogP contribution in [0.1, 0.15) is 42.7 Å². The van der Waals surface area contributed by atoms with Gasteiger partial charge >= 0.3 is 0 Å². The highest BCUT2D eigenvalue weighted by Crippen LogP contribution is 2.40. The summed E-state index contributed by atoms with van der Waals surface area (Å²) in [5.41, 5.74) is 4.81. The number of benzene rings is 1. The summed E-state index contributed by atoms with van der Waals surface area (Å²) in [6.45, 7) is 4.65. The third-order valence-corrected chi connectivity index (χ3v) is 6.85. The highest BCUT2D eigenvalue weighted by molar-refractivity contribution is 5.73. The Morgan fingerprint density at radius 1 is 1.00 bits per heavy atom. The summed E-state index contributed by atoms with van der Waals surface area (Å²) >= 11 is 0. The van der Waals surface area contributed by atoms with E-state index in [1.54, 1.807) is 0 Å². The number of piperidine rings is 1. The second-order valence-electron chi connectivity index (χ2n) is 8.71. The van der Waals surface area contributed by atoms with E-state index in [9.17, 15) is 0 Å². The van der Waals surface area contributed by atoms with Crippen molar-refractivity contribution in [3.63, 3.8) is 0 Å². The lowest BCUT2D eigenvalue weighted by molar-refractivity contribution is 0.0304. The zero-order chi connectivity index (χ0) is 19.2. The lowest BCUT2D eigenvalue weighted by Crippen LogP contribution is -2.43. The Bertz CT molecular complexity index is 900. The number of ether oxygens (including phenoxy) is 2. The molecule has 4 aliphatic rings. The van der Waals surface area contributed by atoms with Gasteiger partial charge in [0.25, 0.3) is 0 Å². The Hall–Kier alpha value is -2.31. The zero-order valence-corrected chi connectivity index (χ0v) is 16.7. The molecule has 2 bridgehead atoms. The molecule has 3 fully saturated rings. The largest absolute Gasteiger partial charge is 0.487 e. The first-order chi connectivity index (χ1) is 14.3. The molecule has 6 nitrogen and oxygen atoms in total. The van der Waals surface area contributed by atoms with Gasteiger partial charge in [-0.2, -0.15) is 0 Å². The van der Waals surface area contributed by atoms with E-state index in [4.69, 9.17) is 9.47 Å². The van der Waals surface area contributed by atoms with E-state index in [0.29, 0.717) is 24.7 Å². The standard InChI is InChI=1S/C23H28N4O2/c1-4-22-20(11-16(1)15-5-8-24-9-6-15)26-23-19(14-28-22)21(7-10-25-23)27-12-17-2-3-18(13-27)29-17/h1,4,7,10-11,15,17-18,24H,2-3,5-6,8-9,12-14H2,(H,25,26)/t17-,18+. The molecule has 2 aromatic rings. The van der Waals surface area contributed by atoms with Gasteiger partial charge in [0.15, 0.2) is 0 Å². The summed E-state index contributed by atoms with van der Waals surface area (Å²) in [6, 6.07) is 8.76. The van der Waals surface area contributed by atoms with E-state index in [2.05, 4.69) is 44.8 Å². The van der Waals surface area contributed by atoms with Crippen LogP contribution in [0.25, 0.3) is 0 Å². The molecule has 2 N–H and O–H groups in total. The molecule has 4 aliphatic heterocycles. The number of aromatic nitrogens is 1. The van der Waals surface area contributed by atoms with Crippen LogP contribution >= 0.6 is 0 Å². The summed E-state index contributed by atoms with van der Waals surface area (Å²) < 4.78 is 12.3. The summed E-state index contributed by atoms with van der Waals surface area (Å²) in [5.74, 6) is 2.45. The van der Waals surface area contributed by atoms with Crippen molar-refractivity contribution < 1.29 is 9.47 Å². The van der Waals surface area contributed by atoms with E-state index in [-0.39, 0.29) is 0 Å². The number of pyridine rings is 1. The van der Waals surface area contributed by atoms with E-state index in [1.165, 1.54) is 36.9 Å². The Kier molecular flexibility index (Phi) is 4.35. The van der Waals surface area contributed by atoms with Gasteiger partial charge in [-0.25, -0.2) is 4.98 Å². The van der Waals surface area contributed by atoms with Gasteiger partial charge in [-0.1, -0.05) is 6.07 Å². The smallest absolute Gasteiger partial charge is 0.143 e. The molecule has 0 unspecified atom stereocenters. The van der Waals surface area contributed by atoms with Crippen molar-refractivity contribution in [2.24, 2.45) is 0 Å². The monoisotopic (exact) mass is 392 g/mol. The van der Waals surface area contributed by atoms with Crippen molar-refractivity contribution in [2.45, 2.75) is 50.4 Å². The highest BCUT2D eigenvalue weighted by Gasteiger charge is 2.35. The quantitative estimate of drug-likeness (QED) is 0.815. The molecule has 0 radical (unpaired) electrons. The van der Waals surface area contributed by atoms with Crippen LogP contribution in [0.5, 0.6) is 5.75 Å². The molecular formula is C23H28N4O2. The minimum Gasteiger partial charge on any atom is -0.487 e. The first-order valence-electron chi connectivity index (χ1n) is 11.0. The van der Waals surface area contributed by atoms with E-state index >= 15 is 0 Å². The van der Waals surface area contributed by atoms with Crippen LogP contribution < -0.4 is 20.3 Å². The lowest BCUT2D eigenvalue weighted by atomic mass is 9.90. The van der Waals surface area contributed by atoms with Gasteiger partial charge in [0.2, 0.25) is 0 Å². The maximum Gasteiger partial charge on any atom is 0.143 e. The van der Waals surface area contributed by atoms with Crippen molar-refractivity contribution in [2.75, 3.05) is 36.4 Å². The predicted octanol–water partition coefficient (Wildman–Crippen LogP) is 3.55. The van der Waals surface area contributed by atoms with Crippen molar-refractivity contribution in [1.82, 2.24) is 10.3 Å². The minimum absolute atomic E-state index is 0.363. The molecular weight excluding hydrogens is 364 g/mol. The number of fused-ring (bicyclic) bond motifs is 4. The number of nitrogens with one attached hydrogen (secondary N) is 2. The van der Waals surface area contributed by atoms with Crippen LogP contribution in [-0.2, 0) is 11.3 Å². The van der Waals surface area contributed by atoms with Gasteiger partial charge in [-0.15, -0.1) is 0 Å². The fourth-order valence-corrected chi connectivity index (χ4v) is 5.30. The van der Waals surface area contributed by atoms with Crippen molar-refractivity contribution >= 4 is 17.2 Å². The van der Waals surface area contributed by atoms with Crippen molar-refractivity contribution in [3.05, 3.63) is 41.6 Å². The van der Waals surface area contributed by atoms with Gasteiger partial charge in [-0.3, -0.25) is 0 Å². The van der Waals surface area contributed by atoms with Crippen molar-refractivity contribution in [3.8, 4) is 5.75 Å². The average molecular weight is 393 g/mol. The molecule has 1 aromatic carbocycles. The van der Waals surface area contributed by atoms with Gasteiger partial charge in [0.1, 0.15) is 18.2 Å². The Balaban J connectivity index is 1.31. The Morgan fingerprint density at radius 3 is 2.66 bits per heavy atom. The van der Waals surface area contributed by atoms with Crippen LogP contribution in [0.4, 0.5) is 17.2 Å². The first kappa shape index (κ1) is 17.5. The molecule has 2 atom stereocenters. The summed E-state index contributed by atoms with van der Waals surface area (Å²) in [6.07, 6.45) is 7.38. The molecule has 0 aliphatic carbocycles. The molecule has 152 valence electrons. The Morgan fingerprint density at radius 2 is 1.83 bits per heavy atom. The number of morpholine rings is 1. The SMILES string of the molecule is c1cc(N2C[C@H]3CC[C@@H](C2)O3)c2c(n1)Nc1cc(C3CCNCC3)ccc1OC2. The lowest BCUT2D eigenvalue weighted by Gasteiger charge is -2.35. The molecule has 1 aromatic heterocycles. The second-order valence-corrected chi connectivity index (χ2v) is 8.71. The first-order valence-corrected chi connectivity index (χ1v) is 11.0. The highest BCUT2D eigenvalue weighted by atomic mass is 16.5. The van der Waals surface area contributed by atoms with Crippen LogP contribution in [0, 0.1) is 0 Å². The molecule has 0 saturated carbocycles. The predicted molar refractivity (Wildman–Crippen MR) is 113 cm³/mol. The second kappa shape index (κ2) is 7.18. The summed E-state index contributed by atoms with van der Waals surface area (Å²) in [5, 5.41) is 7.04. The van der Waals surface area contributed by atoms with E-state index in [0.717, 1.165) is 49.0 Å². The summed E-state index contributed by atoms with van der Waals surface area (Å²) in [7, 11) is 0. The molecule has 3 saturated heterocycles. The van der Waals surface area contributed by atoms with Gasteiger partial charge in [0.05, 0.1) is 23.5 Å². The molecule has 29 heavy (non-hydrogen) atoms. The van der Waals surface area contributed by atoms with Crippen LogP contribution in [0.2, 0.25) is 0 Å². The van der Waals surface area contributed by atoms with Gasteiger partial charge in [-0.05, 0) is 68.5 Å². The van der Waals surface area contributed by atoms with Crippen molar-refractivity contribution in [1.29, 1.82) is 0 Å². The third-order valence-electron chi connectivity index (χ3n) is 6.85. The fraction of sp³-hybridized carbons (Fsp3) is 0.522. The fourth-order valence-electron chi connectivity index (χ4n) is 5.30. The molecule has 6 heteroatoms. The van der Waals surface area contributed by atoms with E-state index < -0.39 is 0 Å². The molecule has 0 spiro atoms. The Labute approximate surface area is 171 Å². The average Bonchev–Trinajstić information content (AvgIpc) is 2.99.